The van der Waals surface area contributed by atoms with Gasteiger partial charge in [-0.25, -0.2) is 0 Å². The van der Waals surface area contributed by atoms with Crippen LogP contribution in [0.4, 0.5) is 0 Å². The quantitative estimate of drug-likeness (QED) is 0.674. The van der Waals surface area contributed by atoms with E-state index in [4.69, 9.17) is 4.74 Å². The number of nitrogens with zero attached hydrogens (tertiary/aromatic N) is 1. The van der Waals surface area contributed by atoms with Gasteiger partial charge in [-0.1, -0.05) is 19.9 Å². The third kappa shape index (κ3) is 1.67. The maximum atomic E-state index is 9.77. The Morgan fingerprint density at radius 2 is 2.04 bits per heavy atom. The van der Waals surface area contributed by atoms with E-state index in [0.29, 0.717) is 16.7 Å². The molecule has 0 spiro atoms. The molecule has 128 valence electrons. The number of rotatable bonds is 1. The highest BCUT2D eigenvalue weighted by Crippen LogP contribution is 2.75. The molecule has 2 heteroatoms. The van der Waals surface area contributed by atoms with E-state index < -0.39 is 0 Å². The Labute approximate surface area is 146 Å². The van der Waals surface area contributed by atoms with Crippen LogP contribution in [0.1, 0.15) is 52.4 Å². The molecule has 3 fully saturated rings. The second kappa shape index (κ2) is 4.69. The van der Waals surface area contributed by atoms with Crippen LogP contribution in [0.3, 0.4) is 0 Å². The van der Waals surface area contributed by atoms with Gasteiger partial charge in [0.25, 0.3) is 0 Å². The first kappa shape index (κ1) is 15.1. The van der Waals surface area contributed by atoms with Gasteiger partial charge in [-0.3, -0.25) is 0 Å². The van der Waals surface area contributed by atoms with E-state index in [1.54, 1.807) is 7.11 Å². The molecule has 0 radical (unpaired) electrons. The highest BCUT2D eigenvalue weighted by atomic mass is 16.5. The molecule has 0 aromatic rings. The number of hydrogen-bond acceptors (Lipinski definition) is 2. The normalized spacial score (nSPS) is 54.2. The van der Waals surface area contributed by atoms with Gasteiger partial charge in [0.1, 0.15) is 0 Å². The number of ether oxygens (including phenoxy) is 1. The Hall–Kier alpha value is -1.23. The average Bonchev–Trinajstić information content (AvgIpc) is 3.29. The lowest BCUT2D eigenvalue weighted by atomic mass is 9.47. The van der Waals surface area contributed by atoms with Crippen molar-refractivity contribution in [2.24, 2.45) is 46.3 Å². The van der Waals surface area contributed by atoms with Crippen molar-refractivity contribution in [3.8, 4) is 6.07 Å². The molecule has 0 aromatic heterocycles. The van der Waals surface area contributed by atoms with Crippen LogP contribution >= 0.6 is 0 Å². The minimum atomic E-state index is 0.299. The van der Waals surface area contributed by atoms with Gasteiger partial charge in [-0.15, -0.1) is 0 Å². The first-order valence-electron chi connectivity index (χ1n) is 9.88. The van der Waals surface area contributed by atoms with Gasteiger partial charge in [0.2, 0.25) is 0 Å². The van der Waals surface area contributed by atoms with Gasteiger partial charge in [-0.2, -0.15) is 5.26 Å². The molecule has 5 aliphatic carbocycles. The molecule has 0 heterocycles. The van der Waals surface area contributed by atoms with E-state index in [9.17, 15) is 5.26 Å². The van der Waals surface area contributed by atoms with Crippen LogP contribution in [0.2, 0.25) is 0 Å². The predicted octanol–water partition coefficient (Wildman–Crippen LogP) is 5.09. The summed E-state index contributed by atoms with van der Waals surface area (Å²) >= 11 is 0. The third-order valence-electron chi connectivity index (χ3n) is 8.92. The highest BCUT2D eigenvalue weighted by molar-refractivity contribution is 5.36. The van der Waals surface area contributed by atoms with Crippen LogP contribution in [0.15, 0.2) is 23.5 Å². The summed E-state index contributed by atoms with van der Waals surface area (Å²) in [5.74, 6) is 5.50. The summed E-state index contributed by atoms with van der Waals surface area (Å²) < 4.78 is 5.54. The van der Waals surface area contributed by atoms with Gasteiger partial charge in [-0.05, 0) is 84.2 Å². The molecule has 0 saturated heterocycles. The Balaban J connectivity index is 1.53. The van der Waals surface area contributed by atoms with E-state index in [2.05, 4.69) is 32.1 Å². The molecule has 0 aromatic carbocycles. The van der Waals surface area contributed by atoms with Crippen molar-refractivity contribution in [3.05, 3.63) is 23.5 Å². The van der Waals surface area contributed by atoms with Crippen molar-refractivity contribution in [1.82, 2.24) is 0 Å². The maximum Gasteiger partial charge on any atom is 0.0958 e. The molecule has 2 nitrogen and oxygen atoms in total. The van der Waals surface area contributed by atoms with E-state index in [1.165, 1.54) is 37.7 Å². The topological polar surface area (TPSA) is 33.0 Å². The molecular weight excluding hydrogens is 294 g/mol. The molecule has 0 bridgehead atoms. The number of nitriles is 1. The number of hydrogen-bond donors (Lipinski definition) is 0. The van der Waals surface area contributed by atoms with Crippen molar-refractivity contribution < 1.29 is 4.74 Å². The molecule has 5 aliphatic rings. The molecule has 24 heavy (non-hydrogen) atoms. The summed E-state index contributed by atoms with van der Waals surface area (Å²) in [6, 6.07) is 2.73. The van der Waals surface area contributed by atoms with Crippen molar-refractivity contribution in [3.63, 3.8) is 0 Å². The summed E-state index contributed by atoms with van der Waals surface area (Å²) in [6.07, 6.45) is 12.3. The van der Waals surface area contributed by atoms with Gasteiger partial charge >= 0.3 is 0 Å². The molecule has 0 N–H and O–H groups in total. The summed E-state index contributed by atoms with van der Waals surface area (Å²) in [4.78, 5) is 0. The highest BCUT2D eigenvalue weighted by Gasteiger charge is 2.70. The minimum Gasteiger partial charge on any atom is -0.501 e. The van der Waals surface area contributed by atoms with E-state index in [-0.39, 0.29) is 0 Å². The molecule has 8 atom stereocenters. The third-order valence-corrected chi connectivity index (χ3v) is 8.92. The minimum absolute atomic E-state index is 0.299. The van der Waals surface area contributed by atoms with Crippen molar-refractivity contribution >= 4 is 0 Å². The van der Waals surface area contributed by atoms with Gasteiger partial charge in [0.15, 0.2) is 0 Å². The zero-order valence-electron chi connectivity index (χ0n) is 15.2. The lowest BCUT2D eigenvalue weighted by molar-refractivity contribution is -0.0444. The zero-order chi connectivity index (χ0) is 16.7. The number of methoxy groups -OCH3 is 1. The monoisotopic (exact) mass is 323 g/mol. The van der Waals surface area contributed by atoms with Crippen LogP contribution in [0.5, 0.6) is 0 Å². The van der Waals surface area contributed by atoms with Crippen molar-refractivity contribution in [2.45, 2.75) is 52.4 Å². The van der Waals surface area contributed by atoms with Gasteiger partial charge in [0.05, 0.1) is 24.9 Å². The SMILES string of the molecule is COC1=CC2=CC[C@H]3[C@@H]4[C@H]5C[C@H]5C(C#N)[C@@]4(C)CC[C@@H]3[C@@]2(C)CC1. The van der Waals surface area contributed by atoms with Crippen LogP contribution in [-0.4, -0.2) is 7.11 Å². The first-order chi connectivity index (χ1) is 11.5. The second-order valence-electron chi connectivity index (χ2n) is 9.64. The standard InChI is InChI=1S/C22H29NO/c1-21-8-6-14(24-3)10-13(21)4-5-15-18(21)7-9-22(2)19(12-23)16-11-17(16)20(15)22/h4,10,15-20H,5-9,11H2,1-3H3/t15-,16-,17+,18+,19?,20-,21+,22-/m1/s1. The largest absolute Gasteiger partial charge is 0.501 e. The van der Waals surface area contributed by atoms with Crippen molar-refractivity contribution in [1.29, 1.82) is 5.26 Å². The number of allylic oxidation sites excluding steroid dienone is 4. The fraction of sp³-hybridized carbons (Fsp3) is 0.773. The summed E-state index contributed by atoms with van der Waals surface area (Å²) in [6.45, 7) is 4.97. The Morgan fingerprint density at radius 1 is 1.21 bits per heavy atom. The molecule has 1 unspecified atom stereocenters. The summed E-state index contributed by atoms with van der Waals surface area (Å²) in [5.41, 5.74) is 2.17. The Morgan fingerprint density at radius 3 is 2.79 bits per heavy atom. The summed E-state index contributed by atoms with van der Waals surface area (Å²) in [5, 5.41) is 9.77. The van der Waals surface area contributed by atoms with E-state index in [1.807, 2.05) is 0 Å². The average molecular weight is 323 g/mol. The first-order valence-corrected chi connectivity index (χ1v) is 9.88. The maximum absolute atomic E-state index is 9.77. The molecule has 3 saturated carbocycles. The van der Waals surface area contributed by atoms with E-state index in [0.717, 1.165) is 41.8 Å². The van der Waals surface area contributed by atoms with E-state index >= 15 is 0 Å². The Kier molecular flexibility index (Phi) is 2.94. The Bertz CT molecular complexity index is 685. The molecule has 0 aliphatic heterocycles. The number of fused-ring (bicyclic) bond motifs is 7. The smallest absolute Gasteiger partial charge is 0.0958 e. The lowest BCUT2D eigenvalue weighted by Crippen LogP contribution is -2.50. The van der Waals surface area contributed by atoms with Crippen LogP contribution in [0.25, 0.3) is 0 Å². The van der Waals surface area contributed by atoms with Crippen LogP contribution in [0, 0.1) is 57.7 Å². The van der Waals surface area contributed by atoms with Gasteiger partial charge < -0.3 is 4.74 Å². The fourth-order valence-electron chi connectivity index (χ4n) is 7.68. The lowest BCUT2D eigenvalue weighted by Gasteiger charge is -2.57. The van der Waals surface area contributed by atoms with Crippen LogP contribution in [-0.2, 0) is 4.74 Å². The zero-order valence-corrected chi connectivity index (χ0v) is 15.2. The molecule has 0 amide bonds. The fourth-order valence-corrected chi connectivity index (χ4v) is 7.68. The molecular formula is C22H29NO. The predicted molar refractivity (Wildman–Crippen MR) is 93.6 cm³/mol. The van der Waals surface area contributed by atoms with Crippen molar-refractivity contribution in [2.75, 3.05) is 7.11 Å². The van der Waals surface area contributed by atoms with Gasteiger partial charge in [0, 0.05) is 6.42 Å². The second-order valence-corrected chi connectivity index (χ2v) is 9.64. The summed E-state index contributed by atoms with van der Waals surface area (Å²) in [7, 11) is 1.81. The van der Waals surface area contributed by atoms with Crippen LogP contribution < -0.4 is 0 Å². The molecule has 5 rings (SSSR count).